The number of Topliss-reactive ketones (excluding diaryl/α,β-unsaturated/α-hetero) is 1. The first-order chi connectivity index (χ1) is 28.1. The van der Waals surface area contributed by atoms with Gasteiger partial charge in [0, 0.05) is 26.2 Å². The molecule has 0 saturated carbocycles. The van der Waals surface area contributed by atoms with Crippen LogP contribution in [0.4, 0.5) is 0 Å². The van der Waals surface area contributed by atoms with E-state index in [-0.39, 0.29) is 19.3 Å². The molecular formula is C39H57N7O14. The number of benzene rings is 1. The summed E-state index contributed by atoms with van der Waals surface area (Å²) in [5.41, 5.74) is 0.595. The molecule has 0 radical (unpaired) electrons. The molecule has 0 heterocycles. The Morgan fingerprint density at radius 3 is 1.43 bits per heavy atom. The van der Waals surface area contributed by atoms with Gasteiger partial charge in [-0.3, -0.25) is 52.7 Å². The second-order valence-electron chi connectivity index (χ2n) is 14.7. The van der Waals surface area contributed by atoms with E-state index in [2.05, 4.69) is 31.9 Å². The van der Waals surface area contributed by atoms with Gasteiger partial charge in [-0.2, -0.15) is 0 Å². The van der Waals surface area contributed by atoms with E-state index < -0.39 is 139 Å². The Hall–Kier alpha value is -6.41. The van der Waals surface area contributed by atoms with Crippen LogP contribution < -0.4 is 37.2 Å². The Morgan fingerprint density at radius 1 is 0.533 bits per heavy atom. The quantitative estimate of drug-likeness (QED) is 0.0464. The fraction of sp³-hybridized carbons (Fsp3) is 0.564. The number of ketones is 1. The summed E-state index contributed by atoms with van der Waals surface area (Å²) >= 11 is 0. The SMILES string of the molecule is CCCC(NC(=O)C(Cc1ccccc1)NC(=O)C(NC(=O)C(NC(=O)C(CCC(=O)O)NC(=O)C(CCC(=O)O)NC(C)=O)C(C)C)C(C)C)C(=O)C(=O)NCC(=O)O. The van der Waals surface area contributed by atoms with Crippen LogP contribution in [-0.2, 0) is 59.2 Å². The van der Waals surface area contributed by atoms with E-state index in [4.69, 9.17) is 10.2 Å². The number of hydrogen-bond donors (Lipinski definition) is 10. The van der Waals surface area contributed by atoms with Crippen LogP contribution in [0.1, 0.15) is 85.6 Å². The molecule has 0 aliphatic carbocycles. The summed E-state index contributed by atoms with van der Waals surface area (Å²) in [5, 5.41) is 44.0. The van der Waals surface area contributed by atoms with Crippen LogP contribution in [0.3, 0.4) is 0 Å². The smallest absolute Gasteiger partial charge is 0.322 e. The first-order valence-corrected chi connectivity index (χ1v) is 19.4. The number of amides is 7. The minimum Gasteiger partial charge on any atom is -0.481 e. The topological polar surface area (TPSA) is 333 Å². The zero-order chi connectivity index (χ0) is 45.7. The van der Waals surface area contributed by atoms with Crippen molar-refractivity contribution < 1.29 is 68.1 Å². The Labute approximate surface area is 346 Å². The maximum Gasteiger partial charge on any atom is 0.322 e. The predicted molar refractivity (Wildman–Crippen MR) is 211 cm³/mol. The normalized spacial score (nSPS) is 13.9. The molecule has 21 nitrogen and oxygen atoms in total. The predicted octanol–water partition coefficient (Wildman–Crippen LogP) is -1.23. The van der Waals surface area contributed by atoms with Gasteiger partial charge in [0.2, 0.25) is 41.2 Å². The van der Waals surface area contributed by atoms with E-state index in [0.29, 0.717) is 12.0 Å². The lowest BCUT2D eigenvalue weighted by atomic mass is 9.98. The Bertz CT molecular complexity index is 1720. The van der Waals surface area contributed by atoms with Gasteiger partial charge in [0.1, 0.15) is 36.8 Å². The van der Waals surface area contributed by atoms with Crippen LogP contribution in [-0.4, -0.2) is 123 Å². The summed E-state index contributed by atoms with van der Waals surface area (Å²) in [5.74, 6) is -12.8. The summed E-state index contributed by atoms with van der Waals surface area (Å²) < 4.78 is 0. The summed E-state index contributed by atoms with van der Waals surface area (Å²) in [7, 11) is 0. The minimum absolute atomic E-state index is 0.00546. The van der Waals surface area contributed by atoms with Gasteiger partial charge in [-0.25, -0.2) is 0 Å². The van der Waals surface area contributed by atoms with E-state index in [0.717, 1.165) is 6.92 Å². The molecule has 1 aromatic carbocycles. The van der Waals surface area contributed by atoms with Gasteiger partial charge in [0.25, 0.3) is 5.91 Å². The van der Waals surface area contributed by atoms with Crippen molar-refractivity contribution >= 4 is 65.0 Å². The van der Waals surface area contributed by atoms with Gasteiger partial charge in [0.15, 0.2) is 0 Å². The number of carbonyl (C=O) groups is 11. The number of rotatable bonds is 27. The molecule has 332 valence electrons. The van der Waals surface area contributed by atoms with Crippen LogP contribution in [0.2, 0.25) is 0 Å². The van der Waals surface area contributed by atoms with E-state index in [1.807, 2.05) is 5.32 Å². The van der Waals surface area contributed by atoms with Gasteiger partial charge in [-0.15, -0.1) is 0 Å². The highest BCUT2D eigenvalue weighted by Gasteiger charge is 2.36. The number of aliphatic carboxylic acids is 3. The summed E-state index contributed by atoms with van der Waals surface area (Å²) in [6.45, 7) is 8.27. The van der Waals surface area contributed by atoms with Crippen molar-refractivity contribution in [1.29, 1.82) is 0 Å². The third-order valence-electron chi connectivity index (χ3n) is 8.86. The standard InChI is InChI=1S/C39H57N7O14/c1-7-11-24(33(54)39(60)40-19-30(52)53)42-36(57)27(18-23-12-9-8-10-13-23)44-37(58)31(20(2)3)46-38(59)32(21(4)5)45-35(56)26(15-17-29(50)51)43-34(55)25(41-22(6)47)14-16-28(48)49/h8-10,12-13,20-21,24-27,31-32H,7,11,14-19H2,1-6H3,(H,40,60)(H,41,47)(H,42,57)(H,43,55)(H,44,58)(H,45,56)(H,46,59)(H,48,49)(H,50,51)(H,52,53). The lowest BCUT2D eigenvalue weighted by Gasteiger charge is -2.30. The average Bonchev–Trinajstić information content (AvgIpc) is 3.16. The van der Waals surface area contributed by atoms with Crippen LogP contribution in [0, 0.1) is 11.8 Å². The van der Waals surface area contributed by atoms with Crippen molar-refractivity contribution in [2.75, 3.05) is 6.54 Å². The van der Waals surface area contributed by atoms with Crippen molar-refractivity contribution in [1.82, 2.24) is 37.2 Å². The summed E-state index contributed by atoms with van der Waals surface area (Å²) in [6.07, 6.45) is -1.67. The van der Waals surface area contributed by atoms with E-state index in [9.17, 15) is 57.8 Å². The van der Waals surface area contributed by atoms with Crippen molar-refractivity contribution in [3.8, 4) is 0 Å². The highest BCUT2D eigenvalue weighted by atomic mass is 16.4. The van der Waals surface area contributed by atoms with Crippen molar-refractivity contribution in [3.63, 3.8) is 0 Å². The Kier molecular flexibility index (Phi) is 22.2. The molecule has 0 aliphatic heterocycles. The van der Waals surface area contributed by atoms with E-state index in [1.165, 1.54) is 0 Å². The zero-order valence-corrected chi connectivity index (χ0v) is 34.5. The van der Waals surface area contributed by atoms with Gasteiger partial charge >= 0.3 is 17.9 Å². The molecule has 0 aliphatic rings. The van der Waals surface area contributed by atoms with Crippen LogP contribution >= 0.6 is 0 Å². The molecule has 7 amide bonds. The third kappa shape index (κ3) is 18.9. The maximum atomic E-state index is 13.9. The highest BCUT2D eigenvalue weighted by Crippen LogP contribution is 2.12. The summed E-state index contributed by atoms with van der Waals surface area (Å²) in [6, 6.07) is 0.106. The molecule has 0 fully saturated rings. The monoisotopic (exact) mass is 847 g/mol. The number of nitrogens with one attached hydrogen (secondary N) is 7. The minimum atomic E-state index is -1.56. The molecule has 10 N–H and O–H groups in total. The molecule has 0 aromatic heterocycles. The molecule has 6 atom stereocenters. The third-order valence-corrected chi connectivity index (χ3v) is 8.86. The van der Waals surface area contributed by atoms with E-state index in [1.54, 1.807) is 65.0 Å². The largest absolute Gasteiger partial charge is 0.481 e. The lowest BCUT2D eigenvalue weighted by Crippen LogP contribution is -2.61. The highest BCUT2D eigenvalue weighted by molar-refractivity contribution is 6.38. The Morgan fingerprint density at radius 2 is 0.967 bits per heavy atom. The number of carboxylic acid groups (broad SMARTS) is 3. The van der Waals surface area contributed by atoms with Crippen molar-refractivity contribution in [2.45, 2.75) is 123 Å². The molecular weight excluding hydrogens is 790 g/mol. The van der Waals surface area contributed by atoms with Gasteiger partial charge in [-0.05, 0) is 36.7 Å². The van der Waals surface area contributed by atoms with Crippen LogP contribution in [0.5, 0.6) is 0 Å². The molecule has 1 aromatic rings. The van der Waals surface area contributed by atoms with Gasteiger partial charge in [0.05, 0.1) is 6.04 Å². The van der Waals surface area contributed by atoms with Gasteiger partial charge < -0.3 is 52.5 Å². The lowest BCUT2D eigenvalue weighted by molar-refractivity contribution is -0.143. The Balaban J connectivity index is 3.36. The van der Waals surface area contributed by atoms with Gasteiger partial charge in [-0.1, -0.05) is 71.4 Å². The van der Waals surface area contributed by atoms with Crippen molar-refractivity contribution in [3.05, 3.63) is 35.9 Å². The fourth-order valence-corrected chi connectivity index (χ4v) is 5.71. The molecule has 6 unspecified atom stereocenters. The second-order valence-corrected chi connectivity index (χ2v) is 14.7. The first-order valence-electron chi connectivity index (χ1n) is 19.4. The summed E-state index contributed by atoms with van der Waals surface area (Å²) in [4.78, 5) is 139. The first kappa shape index (κ1) is 51.6. The van der Waals surface area contributed by atoms with E-state index >= 15 is 0 Å². The van der Waals surface area contributed by atoms with Crippen LogP contribution in [0.25, 0.3) is 0 Å². The molecule has 0 saturated heterocycles. The molecule has 0 spiro atoms. The fourth-order valence-electron chi connectivity index (χ4n) is 5.71. The molecule has 1 rings (SSSR count). The number of carbonyl (C=O) groups excluding carboxylic acids is 8. The average molecular weight is 848 g/mol. The van der Waals surface area contributed by atoms with Crippen LogP contribution in [0.15, 0.2) is 30.3 Å². The molecule has 60 heavy (non-hydrogen) atoms. The molecule has 0 bridgehead atoms. The zero-order valence-electron chi connectivity index (χ0n) is 34.5. The van der Waals surface area contributed by atoms with Crippen molar-refractivity contribution in [2.24, 2.45) is 11.8 Å². The molecule has 21 heteroatoms. The maximum absolute atomic E-state index is 13.9. The number of carboxylic acids is 3. The number of hydrogen-bond acceptors (Lipinski definition) is 11. The second kappa shape index (κ2) is 25.8.